The molecule has 11 heavy (non-hydrogen) atoms. The summed E-state index contributed by atoms with van der Waals surface area (Å²) in [5.74, 6) is 1.96. The van der Waals surface area contributed by atoms with Crippen LogP contribution in [0.15, 0.2) is 0 Å². The quantitative estimate of drug-likeness (QED) is 0.520. The Morgan fingerprint density at radius 2 is 1.91 bits per heavy atom. The molecule has 1 spiro atoms. The van der Waals surface area contributed by atoms with Gasteiger partial charge < -0.3 is 0 Å². The van der Waals surface area contributed by atoms with Crippen molar-refractivity contribution in [3.63, 3.8) is 0 Å². The van der Waals surface area contributed by atoms with E-state index >= 15 is 0 Å². The smallest absolute Gasteiger partial charge is 0.0201 e. The zero-order valence-electron chi connectivity index (χ0n) is 7.31. The van der Waals surface area contributed by atoms with Crippen LogP contribution >= 0.6 is 22.9 Å². The Hall–Kier alpha value is 0.690. The van der Waals surface area contributed by atoms with Crippen molar-refractivity contribution in [3.05, 3.63) is 0 Å². The Morgan fingerprint density at radius 3 is 2.27 bits per heavy atom. The van der Waals surface area contributed by atoms with Crippen molar-refractivity contribution in [1.82, 2.24) is 3.11 Å². The summed E-state index contributed by atoms with van der Waals surface area (Å²) >= 11 is 2.43. The van der Waals surface area contributed by atoms with Gasteiger partial charge in [0, 0.05) is 36.0 Å². The van der Waals surface area contributed by atoms with Gasteiger partial charge in [-0.2, -0.15) is 0 Å². The second kappa shape index (κ2) is 2.59. The molecule has 0 N–H and O–H groups in total. The van der Waals surface area contributed by atoms with Gasteiger partial charge in [0.1, 0.15) is 0 Å². The second-order valence-electron chi connectivity index (χ2n) is 4.69. The van der Waals surface area contributed by atoms with Crippen molar-refractivity contribution in [2.24, 2.45) is 17.3 Å². The maximum Gasteiger partial charge on any atom is 0.0201 e. The first-order chi connectivity index (χ1) is 5.11. The minimum Gasteiger partial charge on any atom is -0.246 e. The van der Waals surface area contributed by atoms with Gasteiger partial charge in [0.15, 0.2) is 0 Å². The number of hydrogen-bond acceptors (Lipinski definition) is 1. The lowest BCUT2D eigenvalue weighted by atomic mass is 9.56. The first kappa shape index (κ1) is 8.30. The predicted octanol–water partition coefficient (Wildman–Crippen LogP) is 2.70. The lowest BCUT2D eigenvalue weighted by Gasteiger charge is -2.58. The molecule has 0 unspecified atom stereocenters. The molecule has 0 amide bonds. The molecular weight excluding hydrogens is 249 g/mol. The lowest BCUT2D eigenvalue weighted by Crippen LogP contribution is -2.59. The van der Waals surface area contributed by atoms with Crippen LogP contribution < -0.4 is 0 Å². The van der Waals surface area contributed by atoms with E-state index in [1.807, 2.05) is 0 Å². The Morgan fingerprint density at radius 1 is 1.36 bits per heavy atom. The highest BCUT2D eigenvalue weighted by Crippen LogP contribution is 2.54. The van der Waals surface area contributed by atoms with Gasteiger partial charge in [-0.15, -0.1) is 0 Å². The maximum atomic E-state index is 2.43. The second-order valence-corrected chi connectivity index (χ2v) is 6.06. The highest BCUT2D eigenvalue weighted by Gasteiger charge is 2.51. The molecule has 0 aromatic heterocycles. The Bertz CT molecular complexity index is 153. The molecule has 1 heterocycles. The van der Waals surface area contributed by atoms with Crippen molar-refractivity contribution < 1.29 is 0 Å². The van der Waals surface area contributed by atoms with Crippen LogP contribution in [-0.2, 0) is 0 Å². The largest absolute Gasteiger partial charge is 0.246 e. The molecule has 2 fully saturated rings. The Labute approximate surface area is 83.0 Å². The number of rotatable bonds is 1. The van der Waals surface area contributed by atoms with Crippen LogP contribution in [0.2, 0.25) is 0 Å². The maximum absolute atomic E-state index is 2.43. The highest BCUT2D eigenvalue weighted by molar-refractivity contribution is 14.1. The van der Waals surface area contributed by atoms with Crippen molar-refractivity contribution in [3.8, 4) is 0 Å². The van der Waals surface area contributed by atoms with Gasteiger partial charge in [0.25, 0.3) is 0 Å². The monoisotopic (exact) mass is 265 g/mol. The average Bonchev–Trinajstić information content (AvgIpc) is 1.73. The van der Waals surface area contributed by atoms with Gasteiger partial charge >= 0.3 is 0 Å². The zero-order valence-corrected chi connectivity index (χ0v) is 9.47. The van der Waals surface area contributed by atoms with Crippen LogP contribution in [0.5, 0.6) is 0 Å². The molecule has 0 radical (unpaired) electrons. The topological polar surface area (TPSA) is 3.24 Å². The van der Waals surface area contributed by atoms with Crippen molar-refractivity contribution >= 4 is 22.9 Å². The van der Waals surface area contributed by atoms with E-state index in [1.165, 1.54) is 25.9 Å². The van der Waals surface area contributed by atoms with E-state index in [9.17, 15) is 0 Å². The predicted molar refractivity (Wildman–Crippen MR) is 55.6 cm³/mol. The standard InChI is InChI=1S/C9H16IN/c1-7(2)8-3-9(4-8)5-11(10)6-9/h7-8H,3-6H2,1-2H3. The van der Waals surface area contributed by atoms with Crippen LogP contribution in [0.25, 0.3) is 0 Å². The van der Waals surface area contributed by atoms with Gasteiger partial charge in [0.2, 0.25) is 0 Å². The summed E-state index contributed by atoms with van der Waals surface area (Å²) < 4.78 is 2.41. The number of halogens is 1. The molecule has 1 aliphatic carbocycles. The van der Waals surface area contributed by atoms with E-state index in [0.717, 1.165) is 17.3 Å². The summed E-state index contributed by atoms with van der Waals surface area (Å²) in [5, 5.41) is 0. The Kier molecular flexibility index (Phi) is 1.95. The minimum atomic E-state index is 0.788. The molecule has 0 aromatic rings. The van der Waals surface area contributed by atoms with Gasteiger partial charge in [-0.05, 0) is 30.1 Å². The normalized spacial score (nSPS) is 30.5. The SMILES string of the molecule is CC(C)C1CC2(C1)CN(I)C2. The summed E-state index contributed by atoms with van der Waals surface area (Å²) in [5.41, 5.74) is 0.788. The van der Waals surface area contributed by atoms with E-state index in [-0.39, 0.29) is 0 Å². The van der Waals surface area contributed by atoms with Gasteiger partial charge in [-0.3, -0.25) is 0 Å². The van der Waals surface area contributed by atoms with E-state index in [4.69, 9.17) is 0 Å². The zero-order chi connectivity index (χ0) is 8.06. The van der Waals surface area contributed by atoms with Crippen molar-refractivity contribution in [2.75, 3.05) is 13.1 Å². The molecule has 64 valence electrons. The number of hydrogen-bond donors (Lipinski definition) is 0. The fourth-order valence-electron chi connectivity index (χ4n) is 2.46. The third-order valence-corrected chi connectivity index (χ3v) is 4.03. The molecule has 1 saturated heterocycles. The third-order valence-electron chi connectivity index (χ3n) is 3.35. The summed E-state index contributed by atoms with van der Waals surface area (Å²) in [7, 11) is 0. The first-order valence-corrected chi connectivity index (χ1v) is 5.49. The minimum absolute atomic E-state index is 0.788. The lowest BCUT2D eigenvalue weighted by molar-refractivity contribution is -0.0558. The Balaban J connectivity index is 1.80. The molecule has 2 heteroatoms. The molecule has 1 saturated carbocycles. The average molecular weight is 265 g/mol. The molecule has 0 aromatic carbocycles. The molecular formula is C9H16IN. The van der Waals surface area contributed by atoms with Crippen LogP contribution in [0.4, 0.5) is 0 Å². The summed E-state index contributed by atoms with van der Waals surface area (Å²) in [6.45, 7) is 7.43. The van der Waals surface area contributed by atoms with E-state index in [1.54, 1.807) is 0 Å². The van der Waals surface area contributed by atoms with E-state index in [0.29, 0.717) is 0 Å². The fraction of sp³-hybridized carbons (Fsp3) is 1.00. The van der Waals surface area contributed by atoms with Gasteiger partial charge in [-0.1, -0.05) is 13.8 Å². The highest BCUT2D eigenvalue weighted by atomic mass is 127. The van der Waals surface area contributed by atoms with Gasteiger partial charge in [0.05, 0.1) is 0 Å². The summed E-state index contributed by atoms with van der Waals surface area (Å²) in [4.78, 5) is 0. The fourth-order valence-corrected chi connectivity index (χ4v) is 3.91. The van der Waals surface area contributed by atoms with Crippen molar-refractivity contribution in [1.29, 1.82) is 0 Å². The molecule has 2 aliphatic rings. The van der Waals surface area contributed by atoms with Crippen LogP contribution in [0.3, 0.4) is 0 Å². The molecule has 1 aliphatic heterocycles. The van der Waals surface area contributed by atoms with E-state index in [2.05, 4.69) is 39.8 Å². The van der Waals surface area contributed by atoms with Crippen LogP contribution in [-0.4, -0.2) is 16.2 Å². The van der Waals surface area contributed by atoms with E-state index < -0.39 is 0 Å². The third kappa shape index (κ3) is 1.32. The van der Waals surface area contributed by atoms with Crippen molar-refractivity contribution in [2.45, 2.75) is 26.7 Å². The summed E-state index contributed by atoms with van der Waals surface area (Å²) in [6, 6.07) is 0. The molecule has 0 bridgehead atoms. The van der Waals surface area contributed by atoms with Crippen LogP contribution in [0, 0.1) is 17.3 Å². The molecule has 1 nitrogen and oxygen atoms in total. The molecule has 0 atom stereocenters. The number of nitrogens with zero attached hydrogens (tertiary/aromatic N) is 1. The van der Waals surface area contributed by atoms with Gasteiger partial charge in [-0.25, -0.2) is 3.11 Å². The summed E-state index contributed by atoms with van der Waals surface area (Å²) in [6.07, 6.45) is 3.01. The van der Waals surface area contributed by atoms with Crippen LogP contribution in [0.1, 0.15) is 26.7 Å². The first-order valence-electron chi connectivity index (χ1n) is 4.52. The molecule has 2 rings (SSSR count).